The van der Waals surface area contributed by atoms with Crippen LogP contribution in [0.1, 0.15) is 19.4 Å². The minimum Gasteiger partial charge on any atom is -0.464 e. The molecule has 0 unspecified atom stereocenters. The summed E-state index contributed by atoms with van der Waals surface area (Å²) in [4.78, 5) is 0. The van der Waals surface area contributed by atoms with Gasteiger partial charge in [0.15, 0.2) is 0 Å². The van der Waals surface area contributed by atoms with E-state index in [0.717, 1.165) is 11.3 Å². The van der Waals surface area contributed by atoms with Crippen molar-refractivity contribution in [3.63, 3.8) is 0 Å². The predicted molar refractivity (Wildman–Crippen MR) is 56.6 cm³/mol. The first-order valence-corrected chi connectivity index (χ1v) is 4.56. The molecule has 1 nitrogen and oxygen atoms in total. The van der Waals surface area contributed by atoms with Crippen LogP contribution in [0.4, 0.5) is 0 Å². The van der Waals surface area contributed by atoms with Gasteiger partial charge in [0.2, 0.25) is 0 Å². The van der Waals surface area contributed by atoms with Crippen LogP contribution in [0.3, 0.4) is 0 Å². The summed E-state index contributed by atoms with van der Waals surface area (Å²) in [5.74, 6) is 0.914. The highest BCUT2D eigenvalue weighted by atomic mass is 16.5. The van der Waals surface area contributed by atoms with E-state index < -0.39 is 0 Å². The van der Waals surface area contributed by atoms with Crippen LogP contribution in [0.5, 0.6) is 5.75 Å². The van der Waals surface area contributed by atoms with E-state index in [0.29, 0.717) is 0 Å². The normalized spacial score (nSPS) is 11.8. The van der Waals surface area contributed by atoms with Gasteiger partial charge >= 0.3 is 0 Å². The van der Waals surface area contributed by atoms with Crippen LogP contribution in [-0.4, -0.2) is 0 Å². The Balaban J connectivity index is 0.000000396. The van der Waals surface area contributed by atoms with Gasteiger partial charge in [0.25, 0.3) is 0 Å². The fourth-order valence-electron chi connectivity index (χ4n) is 1.04. The minimum absolute atomic E-state index is 0.914. The van der Waals surface area contributed by atoms with Crippen molar-refractivity contribution >= 4 is 6.08 Å². The van der Waals surface area contributed by atoms with E-state index in [1.165, 1.54) is 0 Å². The van der Waals surface area contributed by atoms with Gasteiger partial charge in [-0.2, -0.15) is 0 Å². The third-order valence-corrected chi connectivity index (χ3v) is 1.58. The average molecular weight is 174 g/mol. The van der Waals surface area contributed by atoms with Crippen molar-refractivity contribution in [2.75, 3.05) is 0 Å². The molecule has 0 saturated carbocycles. The Morgan fingerprint density at radius 2 is 1.77 bits per heavy atom. The Hall–Kier alpha value is -1.50. The van der Waals surface area contributed by atoms with E-state index in [1.54, 1.807) is 6.26 Å². The first-order chi connectivity index (χ1) is 6.47. The molecule has 1 aliphatic heterocycles. The molecule has 68 valence electrons. The van der Waals surface area contributed by atoms with Gasteiger partial charge in [-0.3, -0.25) is 0 Å². The molecule has 0 aliphatic carbocycles. The Labute approximate surface area is 79.4 Å². The maximum atomic E-state index is 5.31. The molecule has 1 heteroatoms. The van der Waals surface area contributed by atoms with E-state index in [9.17, 15) is 0 Å². The van der Waals surface area contributed by atoms with Gasteiger partial charge in [-0.25, -0.2) is 0 Å². The van der Waals surface area contributed by atoms with Crippen molar-refractivity contribution < 1.29 is 4.74 Å². The molecule has 1 heterocycles. The molecule has 0 saturated heterocycles. The topological polar surface area (TPSA) is 9.23 Å². The average Bonchev–Trinajstić information content (AvgIpc) is 2.45. The highest BCUT2D eigenvalue weighted by Gasteiger charge is 1.97. The molecule has 1 aliphatic rings. The molecular formula is C12H14O. The van der Waals surface area contributed by atoms with Crippen molar-refractivity contribution in [1.82, 2.24) is 0 Å². The van der Waals surface area contributed by atoms with Gasteiger partial charge in [0.1, 0.15) is 5.75 Å². The second-order valence-electron chi connectivity index (χ2n) is 2.34. The Kier molecular flexibility index (Phi) is 3.83. The van der Waals surface area contributed by atoms with Crippen LogP contribution < -0.4 is 4.74 Å². The predicted octanol–water partition coefficient (Wildman–Crippen LogP) is 3.63. The third-order valence-electron chi connectivity index (χ3n) is 1.58. The lowest BCUT2D eigenvalue weighted by Crippen LogP contribution is -1.82. The zero-order valence-electron chi connectivity index (χ0n) is 8.03. The van der Waals surface area contributed by atoms with Gasteiger partial charge in [-0.05, 0) is 12.1 Å². The molecule has 0 radical (unpaired) electrons. The quantitative estimate of drug-likeness (QED) is 0.583. The van der Waals surface area contributed by atoms with Crippen molar-refractivity contribution in [2.45, 2.75) is 13.8 Å². The van der Waals surface area contributed by atoms with E-state index in [1.807, 2.05) is 56.3 Å². The monoisotopic (exact) mass is 174 g/mol. The summed E-state index contributed by atoms with van der Waals surface area (Å²) >= 11 is 0. The number of benzene rings is 1. The van der Waals surface area contributed by atoms with Crippen molar-refractivity contribution in [3.8, 4) is 5.75 Å². The molecular weight excluding hydrogens is 160 g/mol. The fraction of sp³-hybridized carbons (Fsp3) is 0.167. The largest absolute Gasteiger partial charge is 0.464 e. The van der Waals surface area contributed by atoms with Gasteiger partial charge in [-0.15, -0.1) is 0 Å². The summed E-state index contributed by atoms with van der Waals surface area (Å²) in [6, 6.07) is 7.94. The molecule has 0 N–H and O–H groups in total. The third kappa shape index (κ3) is 2.48. The number of ether oxygens (including phenoxy) is 1. The maximum absolute atomic E-state index is 5.31. The first kappa shape index (κ1) is 9.59. The molecule has 1 aromatic rings. The zero-order valence-corrected chi connectivity index (χ0v) is 8.03. The van der Waals surface area contributed by atoms with E-state index in [2.05, 4.69) is 0 Å². The molecule has 0 atom stereocenters. The standard InChI is InChI=1S/C10H8O.C2H6/c1-2-7-10-9(5-1)6-3-4-8-11-10;1-2/h1-8H;1-2H3. The number of fused-ring (bicyclic) bond motifs is 1. The Bertz CT molecular complexity index is 311. The molecule has 2 rings (SSSR count). The number of rotatable bonds is 0. The summed E-state index contributed by atoms with van der Waals surface area (Å²) in [6.07, 6.45) is 7.55. The molecule has 0 fully saturated rings. The lowest BCUT2D eigenvalue weighted by Gasteiger charge is -2.00. The minimum atomic E-state index is 0.914. The molecule has 13 heavy (non-hydrogen) atoms. The molecule has 1 aromatic carbocycles. The number of hydrogen-bond donors (Lipinski definition) is 0. The van der Waals surface area contributed by atoms with Crippen LogP contribution in [-0.2, 0) is 0 Å². The van der Waals surface area contributed by atoms with Crippen LogP contribution in [0.15, 0.2) is 42.7 Å². The first-order valence-electron chi connectivity index (χ1n) is 4.56. The smallest absolute Gasteiger partial charge is 0.133 e. The summed E-state index contributed by atoms with van der Waals surface area (Å²) in [7, 11) is 0. The highest BCUT2D eigenvalue weighted by molar-refractivity contribution is 5.59. The maximum Gasteiger partial charge on any atom is 0.133 e. The van der Waals surface area contributed by atoms with E-state index in [4.69, 9.17) is 4.74 Å². The summed E-state index contributed by atoms with van der Waals surface area (Å²) < 4.78 is 5.31. The van der Waals surface area contributed by atoms with Crippen LogP contribution in [0.25, 0.3) is 6.08 Å². The van der Waals surface area contributed by atoms with Gasteiger partial charge in [0, 0.05) is 5.56 Å². The van der Waals surface area contributed by atoms with Crippen LogP contribution >= 0.6 is 0 Å². The van der Waals surface area contributed by atoms with Crippen LogP contribution in [0, 0.1) is 0 Å². The number of allylic oxidation sites excluding steroid dienone is 2. The highest BCUT2D eigenvalue weighted by Crippen LogP contribution is 2.21. The summed E-state index contributed by atoms with van der Waals surface area (Å²) in [6.45, 7) is 4.00. The second-order valence-corrected chi connectivity index (χ2v) is 2.34. The number of hydrogen-bond acceptors (Lipinski definition) is 1. The second kappa shape index (κ2) is 5.20. The van der Waals surface area contributed by atoms with E-state index in [-0.39, 0.29) is 0 Å². The van der Waals surface area contributed by atoms with E-state index >= 15 is 0 Å². The van der Waals surface area contributed by atoms with Gasteiger partial charge < -0.3 is 4.74 Å². The lowest BCUT2D eigenvalue weighted by atomic mass is 10.2. The van der Waals surface area contributed by atoms with Crippen molar-refractivity contribution in [1.29, 1.82) is 0 Å². The lowest BCUT2D eigenvalue weighted by molar-refractivity contribution is 0.481. The van der Waals surface area contributed by atoms with Crippen molar-refractivity contribution in [3.05, 3.63) is 48.2 Å². The molecule has 0 spiro atoms. The Morgan fingerprint density at radius 3 is 2.62 bits per heavy atom. The molecule has 0 amide bonds. The Morgan fingerprint density at radius 1 is 1.00 bits per heavy atom. The van der Waals surface area contributed by atoms with Crippen molar-refractivity contribution in [2.24, 2.45) is 0 Å². The molecule has 0 bridgehead atoms. The number of para-hydroxylation sites is 1. The van der Waals surface area contributed by atoms with Gasteiger partial charge in [0.05, 0.1) is 6.26 Å². The zero-order chi connectivity index (χ0) is 9.52. The molecule has 0 aromatic heterocycles. The summed E-state index contributed by atoms with van der Waals surface area (Å²) in [5.41, 5.74) is 1.12. The van der Waals surface area contributed by atoms with Crippen LogP contribution in [0.2, 0.25) is 0 Å². The van der Waals surface area contributed by atoms with Gasteiger partial charge in [-0.1, -0.05) is 44.2 Å². The fourth-order valence-corrected chi connectivity index (χ4v) is 1.04. The SMILES string of the molecule is C1=COc2ccccc2C=C1.CC. The summed E-state index contributed by atoms with van der Waals surface area (Å²) in [5, 5.41) is 0.